The maximum atomic E-state index is 12.3. The van der Waals surface area contributed by atoms with Gasteiger partial charge < -0.3 is 14.8 Å². The van der Waals surface area contributed by atoms with E-state index in [9.17, 15) is 9.59 Å². The number of hydrogen-bond donors (Lipinski definition) is 1. The Labute approximate surface area is 164 Å². The van der Waals surface area contributed by atoms with Crippen LogP contribution in [0.3, 0.4) is 0 Å². The van der Waals surface area contributed by atoms with E-state index in [0.29, 0.717) is 22.0 Å². The minimum atomic E-state index is -0.958. The largest absolute Gasteiger partial charge is 0.495 e. The van der Waals surface area contributed by atoms with Gasteiger partial charge in [-0.3, -0.25) is 4.79 Å². The molecular formula is C21H24ClNO4. The number of ether oxygens (including phenoxy) is 2. The minimum absolute atomic E-state index is 0.00471. The molecule has 0 saturated carbocycles. The van der Waals surface area contributed by atoms with Crippen molar-refractivity contribution in [3.05, 3.63) is 58.6 Å². The Morgan fingerprint density at radius 2 is 1.70 bits per heavy atom. The van der Waals surface area contributed by atoms with E-state index in [4.69, 9.17) is 21.1 Å². The van der Waals surface area contributed by atoms with E-state index in [1.54, 1.807) is 30.3 Å². The summed E-state index contributed by atoms with van der Waals surface area (Å²) in [6, 6.07) is 12.1. The molecule has 0 fully saturated rings. The molecule has 0 bridgehead atoms. The Balaban J connectivity index is 1.99. The van der Waals surface area contributed by atoms with Gasteiger partial charge in [0.2, 0.25) is 0 Å². The average molecular weight is 390 g/mol. The molecule has 1 amide bonds. The van der Waals surface area contributed by atoms with Gasteiger partial charge in [0.05, 0.1) is 17.7 Å². The summed E-state index contributed by atoms with van der Waals surface area (Å²) >= 11 is 6.04. The van der Waals surface area contributed by atoms with Crippen LogP contribution in [0.2, 0.25) is 5.02 Å². The number of halogens is 1. The topological polar surface area (TPSA) is 64.6 Å². The molecule has 27 heavy (non-hydrogen) atoms. The summed E-state index contributed by atoms with van der Waals surface area (Å²) in [4.78, 5) is 24.5. The van der Waals surface area contributed by atoms with Crippen LogP contribution in [0.1, 0.15) is 43.6 Å². The molecule has 1 atom stereocenters. The van der Waals surface area contributed by atoms with Crippen LogP contribution >= 0.6 is 11.6 Å². The number of benzene rings is 2. The van der Waals surface area contributed by atoms with E-state index in [2.05, 4.69) is 26.1 Å². The van der Waals surface area contributed by atoms with Crippen LogP contribution in [0.25, 0.3) is 0 Å². The van der Waals surface area contributed by atoms with E-state index in [1.165, 1.54) is 14.0 Å². The Kier molecular flexibility index (Phi) is 6.50. The average Bonchev–Trinajstić information content (AvgIpc) is 2.61. The number of nitrogens with one attached hydrogen (secondary N) is 1. The normalized spacial score (nSPS) is 12.2. The predicted molar refractivity (Wildman–Crippen MR) is 107 cm³/mol. The zero-order chi connectivity index (χ0) is 20.2. The first kappa shape index (κ1) is 20.8. The maximum Gasteiger partial charge on any atom is 0.338 e. The first-order valence-electron chi connectivity index (χ1n) is 8.57. The lowest BCUT2D eigenvalue weighted by Crippen LogP contribution is -2.30. The van der Waals surface area contributed by atoms with Crippen LogP contribution in [0, 0.1) is 0 Å². The molecule has 2 aromatic rings. The quantitative estimate of drug-likeness (QED) is 0.744. The highest BCUT2D eigenvalue weighted by atomic mass is 35.5. The smallest absolute Gasteiger partial charge is 0.338 e. The molecule has 0 aliphatic rings. The molecule has 0 saturated heterocycles. The number of carbonyl (C=O) groups is 2. The fourth-order valence-electron chi connectivity index (χ4n) is 2.38. The Morgan fingerprint density at radius 1 is 1.07 bits per heavy atom. The standard InChI is InChI=1S/C21H24ClNO4/c1-13(19(24)23-16-10-11-18(26-5)17(22)12-16)27-20(25)14-6-8-15(9-7-14)21(2,3)4/h6-13H,1-5H3,(H,23,24)/t13-/m1/s1. The monoisotopic (exact) mass is 389 g/mol. The van der Waals surface area contributed by atoms with Crippen molar-refractivity contribution in [1.82, 2.24) is 0 Å². The lowest BCUT2D eigenvalue weighted by atomic mass is 9.87. The Hall–Kier alpha value is -2.53. The van der Waals surface area contributed by atoms with Crippen LogP contribution in [-0.2, 0) is 14.9 Å². The van der Waals surface area contributed by atoms with Gasteiger partial charge in [-0.1, -0.05) is 44.5 Å². The number of anilines is 1. The molecule has 2 rings (SSSR count). The zero-order valence-corrected chi connectivity index (χ0v) is 16.9. The van der Waals surface area contributed by atoms with Crippen molar-refractivity contribution in [2.24, 2.45) is 0 Å². The number of hydrogen-bond acceptors (Lipinski definition) is 4. The van der Waals surface area contributed by atoms with E-state index >= 15 is 0 Å². The van der Waals surface area contributed by atoms with Gasteiger partial charge in [-0.2, -0.15) is 0 Å². The molecule has 0 aliphatic carbocycles. The summed E-state index contributed by atoms with van der Waals surface area (Å²) in [6.07, 6.45) is -0.958. The first-order valence-corrected chi connectivity index (χ1v) is 8.95. The number of carbonyl (C=O) groups excluding carboxylic acids is 2. The maximum absolute atomic E-state index is 12.3. The van der Waals surface area contributed by atoms with Gasteiger partial charge in [0.15, 0.2) is 6.10 Å². The Bertz CT molecular complexity index is 825. The van der Waals surface area contributed by atoms with Gasteiger partial charge in [-0.15, -0.1) is 0 Å². The highest BCUT2D eigenvalue weighted by Gasteiger charge is 2.20. The van der Waals surface area contributed by atoms with Crippen molar-refractivity contribution in [2.45, 2.75) is 39.2 Å². The molecule has 0 heterocycles. The van der Waals surface area contributed by atoms with Crippen molar-refractivity contribution in [2.75, 3.05) is 12.4 Å². The molecule has 1 N–H and O–H groups in total. The summed E-state index contributed by atoms with van der Waals surface area (Å²) in [5.41, 5.74) is 1.99. The molecule has 5 nitrogen and oxygen atoms in total. The fraction of sp³-hybridized carbons (Fsp3) is 0.333. The van der Waals surface area contributed by atoms with Gasteiger partial charge in [-0.05, 0) is 48.2 Å². The van der Waals surface area contributed by atoms with Crippen LogP contribution < -0.4 is 10.1 Å². The molecule has 0 aromatic heterocycles. The summed E-state index contributed by atoms with van der Waals surface area (Å²) in [7, 11) is 1.51. The first-order chi connectivity index (χ1) is 12.6. The molecule has 0 radical (unpaired) electrons. The summed E-state index contributed by atoms with van der Waals surface area (Å²) in [5.74, 6) is -0.491. The molecule has 144 valence electrons. The molecular weight excluding hydrogens is 366 g/mol. The van der Waals surface area contributed by atoms with Crippen molar-refractivity contribution in [3.63, 3.8) is 0 Å². The number of amides is 1. The van der Waals surface area contributed by atoms with E-state index in [0.717, 1.165) is 5.56 Å². The van der Waals surface area contributed by atoms with Crippen molar-refractivity contribution < 1.29 is 19.1 Å². The van der Waals surface area contributed by atoms with E-state index in [1.807, 2.05) is 12.1 Å². The van der Waals surface area contributed by atoms with Gasteiger partial charge in [0.25, 0.3) is 5.91 Å². The second-order valence-electron chi connectivity index (χ2n) is 7.21. The molecule has 0 spiro atoms. The van der Waals surface area contributed by atoms with E-state index < -0.39 is 18.0 Å². The zero-order valence-electron chi connectivity index (χ0n) is 16.1. The van der Waals surface area contributed by atoms with Crippen LogP contribution in [0.4, 0.5) is 5.69 Å². The third kappa shape index (κ3) is 5.47. The molecule has 2 aromatic carbocycles. The Morgan fingerprint density at radius 3 is 2.22 bits per heavy atom. The lowest BCUT2D eigenvalue weighted by Gasteiger charge is -2.19. The third-order valence-corrected chi connectivity index (χ3v) is 4.35. The second kappa shape index (κ2) is 8.44. The van der Waals surface area contributed by atoms with Crippen molar-refractivity contribution in [1.29, 1.82) is 0 Å². The molecule has 0 aliphatic heterocycles. The molecule has 0 unspecified atom stereocenters. The van der Waals surface area contributed by atoms with Crippen molar-refractivity contribution in [3.8, 4) is 5.75 Å². The van der Waals surface area contributed by atoms with Crippen LogP contribution in [-0.4, -0.2) is 25.1 Å². The minimum Gasteiger partial charge on any atom is -0.495 e. The fourth-order valence-corrected chi connectivity index (χ4v) is 2.63. The van der Waals surface area contributed by atoms with Crippen LogP contribution in [0.15, 0.2) is 42.5 Å². The molecule has 6 heteroatoms. The van der Waals surface area contributed by atoms with Crippen LogP contribution in [0.5, 0.6) is 5.75 Å². The predicted octanol–water partition coefficient (Wildman–Crippen LogP) is 4.83. The van der Waals surface area contributed by atoms with E-state index in [-0.39, 0.29) is 5.41 Å². The van der Waals surface area contributed by atoms with Gasteiger partial charge >= 0.3 is 5.97 Å². The SMILES string of the molecule is COc1ccc(NC(=O)[C@@H](C)OC(=O)c2ccc(C(C)(C)C)cc2)cc1Cl. The highest BCUT2D eigenvalue weighted by molar-refractivity contribution is 6.32. The second-order valence-corrected chi connectivity index (χ2v) is 7.62. The number of rotatable bonds is 5. The highest BCUT2D eigenvalue weighted by Crippen LogP contribution is 2.27. The third-order valence-electron chi connectivity index (χ3n) is 4.06. The number of methoxy groups -OCH3 is 1. The van der Waals surface area contributed by atoms with Gasteiger partial charge in [0.1, 0.15) is 5.75 Å². The summed E-state index contributed by atoms with van der Waals surface area (Å²) in [6.45, 7) is 7.80. The van der Waals surface area contributed by atoms with Gasteiger partial charge in [-0.25, -0.2) is 4.79 Å². The summed E-state index contributed by atoms with van der Waals surface area (Å²) in [5, 5.41) is 3.04. The summed E-state index contributed by atoms with van der Waals surface area (Å²) < 4.78 is 10.3. The van der Waals surface area contributed by atoms with Gasteiger partial charge in [0, 0.05) is 5.69 Å². The van der Waals surface area contributed by atoms with Crippen molar-refractivity contribution >= 4 is 29.2 Å². The number of esters is 1. The lowest BCUT2D eigenvalue weighted by molar-refractivity contribution is -0.123.